The van der Waals surface area contributed by atoms with Crippen molar-refractivity contribution >= 4 is 57.4 Å². The summed E-state index contributed by atoms with van der Waals surface area (Å²) in [7, 11) is 2.18. The number of hydrogen-bond donors (Lipinski definition) is 7. The average molecular weight is 926 g/mol. The number of aromatic hydroxyl groups is 2. The van der Waals surface area contributed by atoms with E-state index in [0.29, 0.717) is 24.8 Å². The van der Waals surface area contributed by atoms with Gasteiger partial charge in [0.25, 0.3) is 0 Å². The molecule has 3 fully saturated rings. The van der Waals surface area contributed by atoms with Crippen molar-refractivity contribution in [3.8, 4) is 11.5 Å². The summed E-state index contributed by atoms with van der Waals surface area (Å²) in [6.07, 6.45) is 4.65. The Morgan fingerprint density at radius 3 is 2.33 bits per heavy atom. The summed E-state index contributed by atoms with van der Waals surface area (Å²) >= 11 is 1.81. The molecule has 0 spiro atoms. The summed E-state index contributed by atoms with van der Waals surface area (Å²) in [6, 6.07) is 21.4. The minimum Gasteiger partial charge on any atom is -0.504 e. The van der Waals surface area contributed by atoms with E-state index in [9.17, 15) is 24.3 Å². The topological polar surface area (TPSA) is 231 Å². The number of carbonyl (C=O) groups is 4. The number of ether oxygens (including phenoxy) is 1. The molecule has 1 aromatic heterocycles. The molecule has 1 saturated carbocycles. The first kappa shape index (κ1) is 49.4. The third-order valence-electron chi connectivity index (χ3n) is 12.4. The molecule has 3 aromatic carbocycles. The number of nitrogens with zero attached hydrogens (tertiary/aromatic N) is 4. The zero-order chi connectivity index (χ0) is 47.5. The van der Waals surface area contributed by atoms with Gasteiger partial charge in [0.1, 0.15) is 29.0 Å². The number of aryl methyl sites for hydroxylation is 2. The number of benzene rings is 3. The standard InChI is InChI=1S/C23H32N2O5.C17H20N4S.C9H11NO4/c1-3-30-23(29)18(13-12-16-8-5-4-6-9-16)24-15(2)21(26)25-19-11-7-10-17(19)14-20(25)22(27)28;1-12-11-13-16(21-9-7-20(2)8-10-21)18-14-5-3-4-6-15(14)19-17(13)22-12;10-6(9(13)14)3-5-1-2-7(11)8(12)4-5/h4-6,8-9,15,17-20,24H,3,7,10-14H2,1-2H3,(H,27,28);3-6,11,19H,7-10H2,1-2H3;1-2,4,6,11-12H,3,10H2,(H,13,14)/t15-,17-,18-,19-,20-;;6-/m0.0/s1. The Kier molecular flexibility index (Phi) is 17.2. The Labute approximate surface area is 390 Å². The van der Waals surface area contributed by atoms with Crippen LogP contribution in [0.15, 0.2) is 83.9 Å². The fourth-order valence-corrected chi connectivity index (χ4v) is 9.85. The Morgan fingerprint density at radius 1 is 0.939 bits per heavy atom. The number of anilines is 2. The van der Waals surface area contributed by atoms with Crippen molar-refractivity contribution in [3.05, 3.63) is 100 Å². The summed E-state index contributed by atoms with van der Waals surface area (Å²) < 4.78 is 5.21. The van der Waals surface area contributed by atoms with Crippen LogP contribution in [-0.4, -0.2) is 135 Å². The monoisotopic (exact) mass is 925 g/mol. The molecule has 4 aromatic rings. The van der Waals surface area contributed by atoms with Gasteiger partial charge < -0.3 is 50.9 Å². The zero-order valence-corrected chi connectivity index (χ0v) is 38.9. The summed E-state index contributed by atoms with van der Waals surface area (Å²) in [5.74, 6) is -1.81. The van der Waals surface area contributed by atoms with Crippen LogP contribution < -0.4 is 16.4 Å². The van der Waals surface area contributed by atoms with E-state index in [1.807, 2.05) is 30.3 Å². The van der Waals surface area contributed by atoms with Gasteiger partial charge in [-0.3, -0.25) is 19.7 Å². The average Bonchev–Trinajstić information content (AvgIpc) is 3.99. The number of amides is 1. The molecule has 3 aliphatic heterocycles. The maximum atomic E-state index is 13.2. The first-order valence-corrected chi connectivity index (χ1v) is 23.4. The number of phenols is 2. The van der Waals surface area contributed by atoms with E-state index in [1.165, 1.54) is 33.6 Å². The van der Waals surface area contributed by atoms with Gasteiger partial charge in [0.15, 0.2) is 11.5 Å². The van der Waals surface area contributed by atoms with Crippen molar-refractivity contribution in [2.24, 2.45) is 16.6 Å². The quantitative estimate of drug-likeness (QED) is 0.0651. The molecule has 6 atom stereocenters. The van der Waals surface area contributed by atoms with Gasteiger partial charge in [0.2, 0.25) is 5.91 Å². The molecule has 17 heteroatoms. The van der Waals surface area contributed by atoms with Crippen LogP contribution in [0.3, 0.4) is 0 Å². The number of amidine groups is 1. The maximum Gasteiger partial charge on any atom is 0.326 e. The number of nitrogens with two attached hydrogens (primary N) is 1. The second-order valence-corrected chi connectivity index (χ2v) is 18.5. The second kappa shape index (κ2) is 22.9. The van der Waals surface area contributed by atoms with Gasteiger partial charge in [-0.2, -0.15) is 0 Å². The smallest absolute Gasteiger partial charge is 0.326 e. The number of aliphatic carboxylic acids is 2. The number of likely N-dealkylation sites (tertiary alicyclic amines) is 1. The lowest BCUT2D eigenvalue weighted by Crippen LogP contribution is -2.55. The van der Waals surface area contributed by atoms with Crippen molar-refractivity contribution in [1.82, 2.24) is 20.0 Å². The molecule has 4 heterocycles. The number of carboxylic acid groups (broad SMARTS) is 2. The molecular weight excluding hydrogens is 863 g/mol. The molecule has 4 aliphatic rings. The largest absolute Gasteiger partial charge is 0.504 e. The van der Waals surface area contributed by atoms with Gasteiger partial charge in [-0.05, 0) is 114 Å². The number of rotatable bonds is 12. The number of hydrogen-bond acceptors (Lipinski definition) is 14. The molecule has 66 heavy (non-hydrogen) atoms. The fraction of sp³-hybridized carbons (Fsp3) is 0.449. The Bertz CT molecular complexity index is 2330. The highest BCUT2D eigenvalue weighted by Gasteiger charge is 2.49. The van der Waals surface area contributed by atoms with Crippen LogP contribution in [0.4, 0.5) is 16.4 Å². The number of nitrogens with one attached hydrogen (secondary N) is 2. The molecule has 1 amide bonds. The number of carboxylic acids is 2. The van der Waals surface area contributed by atoms with Crippen LogP contribution in [0.1, 0.15) is 67.5 Å². The highest BCUT2D eigenvalue weighted by Crippen LogP contribution is 2.42. The normalized spacial score (nSPS) is 20.0. The molecule has 8 rings (SSSR count). The lowest BCUT2D eigenvalue weighted by atomic mass is 10.0. The number of fused-ring (bicyclic) bond motifs is 3. The second-order valence-electron chi connectivity index (χ2n) is 17.3. The van der Waals surface area contributed by atoms with Crippen molar-refractivity contribution < 1.29 is 44.3 Å². The van der Waals surface area contributed by atoms with E-state index >= 15 is 0 Å². The van der Waals surface area contributed by atoms with Crippen molar-refractivity contribution in [2.75, 3.05) is 45.2 Å². The third kappa shape index (κ3) is 12.7. The molecule has 1 aliphatic carbocycles. The van der Waals surface area contributed by atoms with Crippen LogP contribution in [0.25, 0.3) is 0 Å². The summed E-state index contributed by atoms with van der Waals surface area (Å²) in [6.45, 7) is 10.1. The minimum atomic E-state index is -1.10. The lowest BCUT2D eigenvalue weighted by molar-refractivity contribution is -0.151. The molecule has 354 valence electrons. The Morgan fingerprint density at radius 2 is 1.65 bits per heavy atom. The van der Waals surface area contributed by atoms with Crippen molar-refractivity contribution in [3.63, 3.8) is 0 Å². The number of aliphatic imine (C=N–C) groups is 1. The number of likely N-dealkylation sites (N-methyl/N-ethyl adjacent to an activating group) is 1. The van der Waals surface area contributed by atoms with Gasteiger partial charge >= 0.3 is 17.9 Å². The summed E-state index contributed by atoms with van der Waals surface area (Å²) in [5, 5.41) is 44.2. The zero-order valence-electron chi connectivity index (χ0n) is 38.1. The van der Waals surface area contributed by atoms with E-state index in [0.717, 1.165) is 68.2 Å². The predicted molar refractivity (Wildman–Crippen MR) is 255 cm³/mol. The number of para-hydroxylation sites is 2. The Balaban J connectivity index is 0.000000175. The molecule has 0 bridgehead atoms. The maximum absolute atomic E-state index is 13.2. The third-order valence-corrected chi connectivity index (χ3v) is 13.4. The number of carbonyl (C=O) groups excluding carboxylic acids is 2. The van der Waals surface area contributed by atoms with E-state index in [-0.39, 0.29) is 48.4 Å². The summed E-state index contributed by atoms with van der Waals surface area (Å²) in [4.78, 5) is 60.6. The van der Waals surface area contributed by atoms with Gasteiger partial charge in [-0.15, -0.1) is 11.3 Å². The van der Waals surface area contributed by atoms with Gasteiger partial charge in [-0.25, -0.2) is 9.79 Å². The van der Waals surface area contributed by atoms with Gasteiger partial charge in [0, 0.05) is 37.1 Å². The molecule has 8 N–H and O–H groups in total. The molecule has 0 unspecified atom stereocenters. The lowest BCUT2D eigenvalue weighted by Gasteiger charge is -2.34. The Hall–Kier alpha value is -6.01. The highest BCUT2D eigenvalue weighted by atomic mass is 32.1. The van der Waals surface area contributed by atoms with Crippen LogP contribution in [0.2, 0.25) is 0 Å². The van der Waals surface area contributed by atoms with Crippen LogP contribution in [0.5, 0.6) is 11.5 Å². The fourth-order valence-electron chi connectivity index (χ4n) is 8.93. The molecular formula is C49H63N7O9S. The highest BCUT2D eigenvalue weighted by molar-refractivity contribution is 7.16. The summed E-state index contributed by atoms with van der Waals surface area (Å²) in [5.41, 5.74) is 10.3. The number of esters is 1. The first-order valence-electron chi connectivity index (χ1n) is 22.6. The predicted octanol–water partition coefficient (Wildman–Crippen LogP) is 5.87. The van der Waals surface area contributed by atoms with E-state index in [1.54, 1.807) is 30.1 Å². The van der Waals surface area contributed by atoms with E-state index < -0.39 is 36.1 Å². The van der Waals surface area contributed by atoms with Crippen molar-refractivity contribution in [2.45, 2.75) is 95.9 Å². The van der Waals surface area contributed by atoms with E-state index in [4.69, 9.17) is 30.8 Å². The van der Waals surface area contributed by atoms with E-state index in [2.05, 4.69) is 64.7 Å². The van der Waals surface area contributed by atoms with Crippen LogP contribution in [0, 0.1) is 12.8 Å². The van der Waals surface area contributed by atoms with Crippen LogP contribution in [-0.2, 0) is 36.8 Å². The van der Waals surface area contributed by atoms with Crippen LogP contribution >= 0.6 is 11.3 Å². The number of phenolic OH excluding ortho intramolecular Hbond substituents is 2. The van der Waals surface area contributed by atoms with Gasteiger partial charge in [-0.1, -0.05) is 55.0 Å². The first-order chi connectivity index (χ1) is 31.6. The minimum absolute atomic E-state index is 0.00629. The molecule has 0 radical (unpaired) electrons. The number of thiophene rings is 1. The SMILES string of the molecule is CCOC(=O)[C@H](CCc1ccccc1)N[C@@H](C)C(=O)N1[C@H](C(=O)O)C[C@@H]2CCC[C@@H]21.Cc1cc2c(s1)Nc1ccccc1N=C2N1CCN(C)CC1.N[C@@H](Cc1ccc(O)c(O)c1)C(=O)O. The number of piperazine rings is 1. The molecule has 2 saturated heterocycles. The van der Waals surface area contributed by atoms with Gasteiger partial charge in [0.05, 0.1) is 29.6 Å². The van der Waals surface area contributed by atoms with Crippen molar-refractivity contribution in [1.29, 1.82) is 0 Å². The molecule has 16 nitrogen and oxygen atoms in total.